The summed E-state index contributed by atoms with van der Waals surface area (Å²) in [6.45, 7) is 0. The SMILES string of the molecule is Nc1nc2c(ncn2[C@@H]2O[C@H](OC[PH](=O)O)[C@H](O)[C@@H]2OP(=O)(O)CO[C@H]2O[C@@H](n3cnc4c(N)ncnc43)[C@@H](O)[C@H]2O)c(=O)[nH]1. The van der Waals surface area contributed by atoms with Crippen molar-refractivity contribution >= 4 is 49.7 Å². The fraction of sp³-hybridized carbons (Fsp3) is 0.500. The molecule has 244 valence electrons. The topological polar surface area (TPSA) is 341 Å². The number of aromatic nitrogens is 8. The first-order chi connectivity index (χ1) is 21.3. The number of rotatable bonds is 10. The number of ether oxygens (including phenoxy) is 4. The highest BCUT2D eigenvalue weighted by atomic mass is 31.2. The number of nitrogens with zero attached hydrogens (tertiary/aromatic N) is 7. The number of anilines is 2. The van der Waals surface area contributed by atoms with E-state index in [-0.39, 0.29) is 34.1 Å². The first kappa shape index (κ1) is 31.5. The first-order valence-corrected chi connectivity index (χ1v) is 16.1. The first-order valence-electron chi connectivity index (χ1n) is 12.8. The second kappa shape index (κ2) is 12.1. The Hall–Kier alpha value is -3.44. The van der Waals surface area contributed by atoms with Crippen LogP contribution in [0.1, 0.15) is 12.5 Å². The molecule has 25 heteroatoms. The largest absolute Gasteiger partial charge is 0.385 e. The average molecular weight is 676 g/mol. The van der Waals surface area contributed by atoms with Gasteiger partial charge in [0.05, 0.1) is 12.7 Å². The van der Waals surface area contributed by atoms with Gasteiger partial charge in [0.25, 0.3) is 5.56 Å². The van der Waals surface area contributed by atoms with Gasteiger partial charge >= 0.3 is 7.60 Å². The van der Waals surface area contributed by atoms with Gasteiger partial charge in [0.15, 0.2) is 54.0 Å². The van der Waals surface area contributed by atoms with Crippen molar-refractivity contribution in [3.05, 3.63) is 29.3 Å². The van der Waals surface area contributed by atoms with Crippen LogP contribution in [0.2, 0.25) is 0 Å². The fourth-order valence-electron chi connectivity index (χ4n) is 4.82. The molecule has 0 spiro atoms. The third-order valence-corrected chi connectivity index (χ3v) is 8.27. The van der Waals surface area contributed by atoms with Gasteiger partial charge in [-0.05, 0) is 0 Å². The van der Waals surface area contributed by atoms with E-state index in [0.717, 1.165) is 17.2 Å². The minimum absolute atomic E-state index is 0.0578. The van der Waals surface area contributed by atoms with Crippen molar-refractivity contribution in [3.63, 3.8) is 0 Å². The molecule has 4 aromatic heterocycles. The van der Waals surface area contributed by atoms with Gasteiger partial charge < -0.3 is 55.5 Å². The lowest BCUT2D eigenvalue weighted by Gasteiger charge is -2.25. The molecule has 23 nitrogen and oxygen atoms in total. The molecule has 4 aromatic rings. The maximum absolute atomic E-state index is 13.2. The van der Waals surface area contributed by atoms with Crippen molar-refractivity contribution in [1.82, 2.24) is 39.0 Å². The van der Waals surface area contributed by atoms with Crippen molar-refractivity contribution < 1.29 is 57.7 Å². The Labute approximate surface area is 249 Å². The quantitative estimate of drug-likeness (QED) is 0.0771. The summed E-state index contributed by atoms with van der Waals surface area (Å²) in [4.78, 5) is 54.2. The molecule has 2 aliphatic heterocycles. The third kappa shape index (κ3) is 5.96. The van der Waals surface area contributed by atoms with Crippen LogP contribution >= 0.6 is 15.6 Å². The number of nitrogens with one attached hydrogen (secondary N) is 1. The van der Waals surface area contributed by atoms with Crippen molar-refractivity contribution in [2.75, 3.05) is 24.2 Å². The standard InChI is InChI=1S/C20H26N10O13P2/c21-12-6-13(24-1-23-12)29(2-25-6)16-8(31)9(32)18(41-16)40-5-45(37,38)43-11-10(33)19(39-4-44(35)36)42-17(11)30-3-26-7-14(30)27-20(22)28-15(7)34/h1-3,8-11,16-19,31-33,44H,4-5H2,(H,35,36)(H,37,38)(H2,21,23,24)(H3,22,27,28,34)/t8-,9+,10+,11-,16+,17+,18-,19-/m0/s1. The molecule has 2 unspecified atom stereocenters. The van der Waals surface area contributed by atoms with Crippen LogP contribution < -0.4 is 17.0 Å². The van der Waals surface area contributed by atoms with Crippen LogP contribution in [-0.2, 0) is 32.6 Å². The van der Waals surface area contributed by atoms with E-state index in [2.05, 4.69) is 29.9 Å². The zero-order valence-corrected chi connectivity index (χ0v) is 24.4. The minimum Gasteiger partial charge on any atom is -0.385 e. The maximum Gasteiger partial charge on any atom is 0.354 e. The lowest BCUT2D eigenvalue weighted by atomic mass is 10.2. The highest BCUT2D eigenvalue weighted by Gasteiger charge is 2.51. The summed E-state index contributed by atoms with van der Waals surface area (Å²) in [7, 11) is -8.06. The summed E-state index contributed by atoms with van der Waals surface area (Å²) >= 11 is 0. The normalized spacial score (nSPS) is 30.7. The van der Waals surface area contributed by atoms with Crippen LogP contribution in [0.4, 0.5) is 11.8 Å². The Morgan fingerprint density at radius 3 is 2.36 bits per heavy atom. The average Bonchev–Trinajstić information content (AvgIpc) is 3.73. The van der Waals surface area contributed by atoms with Gasteiger partial charge in [-0.25, -0.2) is 19.9 Å². The van der Waals surface area contributed by atoms with Crippen LogP contribution in [0, 0.1) is 0 Å². The van der Waals surface area contributed by atoms with E-state index in [1.165, 1.54) is 10.9 Å². The number of H-pyrrole nitrogens is 1. The number of aliphatic hydroxyl groups is 3. The predicted molar refractivity (Wildman–Crippen MR) is 146 cm³/mol. The molecule has 2 saturated heterocycles. The summed E-state index contributed by atoms with van der Waals surface area (Å²) < 4.78 is 53.8. The van der Waals surface area contributed by atoms with Gasteiger partial charge in [-0.1, -0.05) is 0 Å². The molecule has 0 aromatic carbocycles. The maximum atomic E-state index is 13.2. The number of hydrogen-bond acceptors (Lipinski definition) is 18. The number of fused-ring (bicyclic) bond motifs is 2. The zero-order chi connectivity index (χ0) is 32.2. The second-order valence-corrected chi connectivity index (χ2v) is 12.6. The van der Waals surface area contributed by atoms with Crippen LogP contribution in [0.25, 0.3) is 22.3 Å². The van der Waals surface area contributed by atoms with Crippen molar-refractivity contribution in [3.8, 4) is 0 Å². The summed E-state index contributed by atoms with van der Waals surface area (Å²) in [5.74, 6) is -0.240. The van der Waals surface area contributed by atoms with Gasteiger partial charge in [-0.3, -0.25) is 32.6 Å². The molecule has 6 heterocycles. The summed E-state index contributed by atoms with van der Waals surface area (Å²) in [5, 5.41) is 32.1. The molecule has 10 N–H and O–H groups in total. The Balaban J connectivity index is 1.20. The molecule has 45 heavy (non-hydrogen) atoms. The minimum atomic E-state index is -4.88. The fourth-order valence-corrected chi connectivity index (χ4v) is 6.13. The molecule has 6 rings (SSSR count). The van der Waals surface area contributed by atoms with Gasteiger partial charge in [0, 0.05) is 0 Å². The second-order valence-electron chi connectivity index (χ2n) is 9.83. The summed E-state index contributed by atoms with van der Waals surface area (Å²) in [6.07, 6.45) is -11.4. The Kier molecular flexibility index (Phi) is 8.45. The van der Waals surface area contributed by atoms with Crippen molar-refractivity contribution in [1.29, 1.82) is 0 Å². The molecule has 10 atom stereocenters. The molecule has 0 radical (unpaired) electrons. The van der Waals surface area contributed by atoms with Crippen LogP contribution in [-0.4, -0.2) is 114 Å². The third-order valence-electron chi connectivity index (χ3n) is 6.81. The molecule has 0 amide bonds. The Morgan fingerprint density at radius 2 is 1.62 bits per heavy atom. The molecule has 0 saturated carbocycles. The van der Waals surface area contributed by atoms with Crippen molar-refractivity contribution in [2.45, 2.75) is 49.5 Å². The highest BCUT2D eigenvalue weighted by molar-refractivity contribution is 7.52. The number of hydrogen-bond donors (Lipinski definition) is 8. The molecule has 2 aliphatic rings. The van der Waals surface area contributed by atoms with Crippen LogP contribution in [0.5, 0.6) is 0 Å². The van der Waals surface area contributed by atoms with E-state index in [1.54, 1.807) is 0 Å². The lowest BCUT2D eigenvalue weighted by Crippen LogP contribution is -2.35. The zero-order valence-electron chi connectivity index (χ0n) is 22.5. The summed E-state index contributed by atoms with van der Waals surface area (Å²) in [5.41, 5.74) is 10.7. The van der Waals surface area contributed by atoms with Gasteiger partial charge in [-0.2, -0.15) is 4.98 Å². The molecular weight excluding hydrogens is 650 g/mol. The van der Waals surface area contributed by atoms with E-state index in [4.69, 9.17) is 39.8 Å². The van der Waals surface area contributed by atoms with E-state index < -0.39 is 83.3 Å². The van der Waals surface area contributed by atoms with Crippen molar-refractivity contribution in [2.24, 2.45) is 0 Å². The predicted octanol–water partition coefficient (Wildman–Crippen LogP) is -3.10. The van der Waals surface area contributed by atoms with E-state index >= 15 is 0 Å². The van der Waals surface area contributed by atoms with Gasteiger partial charge in [0.1, 0.15) is 42.6 Å². The Morgan fingerprint density at radius 1 is 0.956 bits per heavy atom. The Bertz CT molecular complexity index is 1850. The van der Waals surface area contributed by atoms with Crippen LogP contribution in [0.15, 0.2) is 23.8 Å². The van der Waals surface area contributed by atoms with Gasteiger partial charge in [-0.15, -0.1) is 0 Å². The van der Waals surface area contributed by atoms with E-state index in [1.807, 2.05) is 0 Å². The summed E-state index contributed by atoms with van der Waals surface area (Å²) in [6, 6.07) is 0. The molecule has 0 bridgehead atoms. The number of aliphatic hydroxyl groups excluding tert-OH is 3. The number of nitrogen functional groups attached to an aromatic ring is 2. The smallest absolute Gasteiger partial charge is 0.354 e. The highest BCUT2D eigenvalue weighted by Crippen LogP contribution is 2.49. The van der Waals surface area contributed by atoms with E-state index in [0.29, 0.717) is 0 Å². The molecule has 2 fully saturated rings. The number of aromatic amines is 1. The number of nitrogens with two attached hydrogens (primary N) is 2. The van der Waals surface area contributed by atoms with Gasteiger partial charge in [0.2, 0.25) is 14.0 Å². The van der Waals surface area contributed by atoms with Crippen LogP contribution in [0.3, 0.4) is 0 Å². The molecule has 0 aliphatic carbocycles. The van der Waals surface area contributed by atoms with E-state index in [9.17, 15) is 34.1 Å². The number of imidazole rings is 2. The molecular formula is C20H26N10O13P2. The monoisotopic (exact) mass is 676 g/mol. The lowest BCUT2D eigenvalue weighted by molar-refractivity contribution is -0.168.